The number of hydrogen-bond acceptors (Lipinski definition) is 3. The molecule has 0 radical (unpaired) electrons. The normalized spacial score (nSPS) is 9.77. The number of nitrogens with one attached hydrogen (secondary N) is 1. The van der Waals surface area contributed by atoms with E-state index in [0.717, 1.165) is 22.5 Å². The van der Waals surface area contributed by atoms with Crippen LogP contribution < -0.4 is 5.43 Å². The predicted molar refractivity (Wildman–Crippen MR) is 92.7 cm³/mol. The number of benzene rings is 2. The number of hydrazone groups is 1. The monoisotopic (exact) mass is 303 g/mol. The summed E-state index contributed by atoms with van der Waals surface area (Å²) >= 11 is 1.41. The Morgan fingerprint density at radius 2 is 1.50 bits per heavy atom. The van der Waals surface area contributed by atoms with Gasteiger partial charge in [-0.2, -0.15) is 16.4 Å². The average Bonchev–Trinajstić information content (AvgIpc) is 3.05. The maximum Gasteiger partial charge on any atom is 0.265 e. The molecule has 0 amide bonds. The first-order chi connectivity index (χ1) is 10.9. The molecule has 0 fully saturated rings. The highest BCUT2D eigenvalue weighted by Gasteiger charge is 2.08. The number of hydrogen-bond donors (Lipinski definition) is 1. The molecule has 3 rings (SSSR count). The highest BCUT2D eigenvalue weighted by Crippen LogP contribution is 2.31. The van der Waals surface area contributed by atoms with E-state index in [1.807, 2.05) is 72.1 Å². The van der Waals surface area contributed by atoms with Crippen LogP contribution >= 0.6 is 11.3 Å². The van der Waals surface area contributed by atoms with Crippen molar-refractivity contribution < 1.29 is 0 Å². The van der Waals surface area contributed by atoms with Crippen LogP contribution in [-0.4, -0.2) is 5.71 Å². The summed E-state index contributed by atoms with van der Waals surface area (Å²) in [6, 6.07) is 21.9. The van der Waals surface area contributed by atoms with Crippen LogP contribution in [0.5, 0.6) is 0 Å². The molecular formula is C18H13N3S. The van der Waals surface area contributed by atoms with Crippen LogP contribution in [0.3, 0.4) is 0 Å². The summed E-state index contributed by atoms with van der Waals surface area (Å²) in [5.74, 6) is 0. The number of rotatable bonds is 4. The molecule has 2 aromatic carbocycles. The molecule has 3 nitrogen and oxygen atoms in total. The summed E-state index contributed by atoms with van der Waals surface area (Å²) in [6.45, 7) is 7.16. The Hall–Kier alpha value is -2.90. The average molecular weight is 303 g/mol. The van der Waals surface area contributed by atoms with Gasteiger partial charge in [0.2, 0.25) is 0 Å². The molecule has 0 aliphatic heterocycles. The number of thiophene rings is 1. The molecule has 1 heterocycles. The molecule has 0 aliphatic carbocycles. The molecule has 22 heavy (non-hydrogen) atoms. The van der Waals surface area contributed by atoms with E-state index >= 15 is 0 Å². The van der Waals surface area contributed by atoms with Gasteiger partial charge in [0.05, 0.1) is 18.0 Å². The molecule has 1 N–H and O–H groups in total. The Labute approximate surface area is 133 Å². The van der Waals surface area contributed by atoms with Crippen LogP contribution in [0.1, 0.15) is 11.1 Å². The van der Waals surface area contributed by atoms with Crippen LogP contribution in [0.25, 0.3) is 4.85 Å². The molecule has 1 aromatic heterocycles. The van der Waals surface area contributed by atoms with E-state index in [-0.39, 0.29) is 0 Å². The minimum absolute atomic E-state index is 0.615. The third-order valence-corrected chi connectivity index (χ3v) is 3.94. The van der Waals surface area contributed by atoms with Gasteiger partial charge in [0, 0.05) is 11.1 Å². The van der Waals surface area contributed by atoms with Crippen molar-refractivity contribution >= 4 is 27.7 Å². The Morgan fingerprint density at radius 1 is 0.909 bits per heavy atom. The van der Waals surface area contributed by atoms with Gasteiger partial charge in [0.1, 0.15) is 0 Å². The van der Waals surface area contributed by atoms with Crippen LogP contribution in [0.2, 0.25) is 0 Å². The third-order valence-electron chi connectivity index (χ3n) is 3.13. The van der Waals surface area contributed by atoms with E-state index in [0.29, 0.717) is 5.00 Å². The SMILES string of the molecule is [C-]#[N+]c1sccc1NN=C(c1ccccc1)c1ccccc1. The van der Waals surface area contributed by atoms with Crippen molar-refractivity contribution in [3.8, 4) is 0 Å². The van der Waals surface area contributed by atoms with Crippen LogP contribution in [0.15, 0.2) is 77.2 Å². The minimum atomic E-state index is 0.615. The molecule has 0 saturated carbocycles. The van der Waals surface area contributed by atoms with E-state index in [2.05, 4.69) is 15.4 Å². The predicted octanol–water partition coefficient (Wildman–Crippen LogP) is 5.16. The maximum atomic E-state index is 7.16. The summed E-state index contributed by atoms with van der Waals surface area (Å²) in [5.41, 5.74) is 6.67. The highest BCUT2D eigenvalue weighted by atomic mass is 32.1. The first-order valence-electron chi connectivity index (χ1n) is 6.78. The summed E-state index contributed by atoms with van der Waals surface area (Å²) in [5, 5.41) is 7.05. The quantitative estimate of drug-likeness (QED) is 0.402. The minimum Gasteiger partial charge on any atom is -0.287 e. The van der Waals surface area contributed by atoms with E-state index < -0.39 is 0 Å². The van der Waals surface area contributed by atoms with E-state index in [4.69, 9.17) is 6.57 Å². The second-order valence-corrected chi connectivity index (χ2v) is 5.45. The highest BCUT2D eigenvalue weighted by molar-refractivity contribution is 7.15. The molecule has 0 aliphatic rings. The third kappa shape index (κ3) is 3.05. The lowest BCUT2D eigenvalue weighted by Crippen LogP contribution is -2.06. The zero-order valence-electron chi connectivity index (χ0n) is 11.7. The first-order valence-corrected chi connectivity index (χ1v) is 7.66. The van der Waals surface area contributed by atoms with Gasteiger partial charge in [0.25, 0.3) is 5.00 Å². The van der Waals surface area contributed by atoms with Gasteiger partial charge in [-0.1, -0.05) is 60.7 Å². The number of anilines is 1. The maximum absolute atomic E-state index is 7.16. The second-order valence-electron chi connectivity index (χ2n) is 4.56. The van der Waals surface area contributed by atoms with E-state index in [1.165, 1.54) is 11.3 Å². The van der Waals surface area contributed by atoms with E-state index in [1.54, 1.807) is 0 Å². The van der Waals surface area contributed by atoms with Crippen LogP contribution in [-0.2, 0) is 0 Å². The molecule has 0 atom stereocenters. The van der Waals surface area contributed by atoms with E-state index in [9.17, 15) is 0 Å². The molecule has 0 saturated heterocycles. The largest absolute Gasteiger partial charge is 0.287 e. The van der Waals surface area contributed by atoms with Crippen molar-refractivity contribution in [1.82, 2.24) is 0 Å². The van der Waals surface area contributed by atoms with Gasteiger partial charge in [-0.25, -0.2) is 4.85 Å². The van der Waals surface area contributed by atoms with Crippen molar-refractivity contribution in [3.63, 3.8) is 0 Å². The van der Waals surface area contributed by atoms with Crippen molar-refractivity contribution in [2.75, 3.05) is 5.43 Å². The zero-order valence-corrected chi connectivity index (χ0v) is 12.5. The fourth-order valence-corrected chi connectivity index (χ4v) is 2.70. The van der Waals surface area contributed by atoms with Crippen molar-refractivity contribution in [3.05, 3.63) is 94.7 Å². The summed E-state index contributed by atoms with van der Waals surface area (Å²) < 4.78 is 0. The Kier molecular flexibility index (Phi) is 4.28. The Morgan fingerprint density at radius 3 is 2.05 bits per heavy atom. The molecular weight excluding hydrogens is 290 g/mol. The standard InChI is InChI=1S/C18H13N3S/c1-19-18-16(12-13-22-18)20-21-17(14-8-4-2-5-9-14)15-10-6-3-7-11-15/h2-13,20H. The van der Waals surface area contributed by atoms with Crippen LogP contribution in [0, 0.1) is 6.57 Å². The zero-order chi connectivity index (χ0) is 15.2. The summed E-state index contributed by atoms with van der Waals surface area (Å²) in [4.78, 5) is 3.49. The summed E-state index contributed by atoms with van der Waals surface area (Å²) in [6.07, 6.45) is 0. The first kappa shape index (κ1) is 14.1. The van der Waals surface area contributed by atoms with Crippen molar-refractivity contribution in [2.45, 2.75) is 0 Å². The fraction of sp³-hybridized carbons (Fsp3) is 0. The Bertz CT molecular complexity index is 773. The summed E-state index contributed by atoms with van der Waals surface area (Å²) in [7, 11) is 0. The molecule has 106 valence electrons. The molecule has 0 spiro atoms. The van der Waals surface area contributed by atoms with Gasteiger partial charge < -0.3 is 0 Å². The lowest BCUT2D eigenvalue weighted by Gasteiger charge is -2.08. The van der Waals surface area contributed by atoms with Crippen LogP contribution in [0.4, 0.5) is 10.7 Å². The molecule has 3 aromatic rings. The second kappa shape index (κ2) is 6.70. The van der Waals surface area contributed by atoms with Gasteiger partial charge in [0.15, 0.2) is 0 Å². The lowest BCUT2D eigenvalue weighted by atomic mass is 10.0. The molecule has 0 unspecified atom stereocenters. The van der Waals surface area contributed by atoms with Gasteiger partial charge >= 0.3 is 0 Å². The van der Waals surface area contributed by atoms with Crippen molar-refractivity contribution in [2.24, 2.45) is 5.10 Å². The lowest BCUT2D eigenvalue weighted by molar-refractivity contribution is 1.34. The van der Waals surface area contributed by atoms with Gasteiger partial charge in [-0.15, -0.1) is 0 Å². The Balaban J connectivity index is 1.99. The molecule has 0 bridgehead atoms. The van der Waals surface area contributed by atoms with Gasteiger partial charge in [-0.05, 0) is 11.4 Å². The topological polar surface area (TPSA) is 28.8 Å². The van der Waals surface area contributed by atoms with Gasteiger partial charge in [-0.3, -0.25) is 5.43 Å². The number of nitrogens with zero attached hydrogens (tertiary/aromatic N) is 2. The smallest absolute Gasteiger partial charge is 0.265 e. The molecule has 4 heteroatoms. The fourth-order valence-electron chi connectivity index (χ4n) is 2.08. The van der Waals surface area contributed by atoms with Crippen molar-refractivity contribution in [1.29, 1.82) is 0 Å².